The van der Waals surface area contributed by atoms with Crippen LogP contribution in [0.15, 0.2) is 102 Å². The Bertz CT molecular complexity index is 1490. The Morgan fingerprint density at radius 3 is 2.23 bits per heavy atom. The summed E-state index contributed by atoms with van der Waals surface area (Å²) in [6, 6.07) is 23.6. The molecule has 10 nitrogen and oxygen atoms in total. The molecule has 202 valence electrons. The van der Waals surface area contributed by atoms with Gasteiger partial charge in [0.15, 0.2) is 0 Å². The molecular weight excluding hydrogens is 520 g/mol. The molecule has 0 atom stereocenters. The van der Waals surface area contributed by atoms with Crippen molar-refractivity contribution in [2.75, 3.05) is 11.1 Å². The quantitative estimate of drug-likeness (QED) is 0.193. The topological polar surface area (TPSA) is 161 Å². The number of nitrogens with two attached hydrogens (primary N) is 1. The second kappa shape index (κ2) is 13.7. The van der Waals surface area contributed by atoms with Gasteiger partial charge in [0.2, 0.25) is 0 Å². The number of carbonyl (C=O) groups excluding carboxylic acids is 2. The third-order valence-electron chi connectivity index (χ3n) is 5.27. The molecule has 0 aliphatic carbocycles. The van der Waals surface area contributed by atoms with Gasteiger partial charge in [-0.1, -0.05) is 48.0 Å². The highest BCUT2D eigenvalue weighted by atomic mass is 32.2. The number of hydrogen-bond donors (Lipinski definition) is 4. The molecule has 0 aliphatic heterocycles. The first-order valence-corrected chi connectivity index (χ1v) is 13.1. The molecule has 0 radical (unpaired) electrons. The van der Waals surface area contributed by atoms with Crippen LogP contribution in [0.1, 0.15) is 27.0 Å². The van der Waals surface area contributed by atoms with Crippen molar-refractivity contribution in [1.29, 1.82) is 0 Å². The molecule has 11 heteroatoms. The number of alkyl carbamates (subject to hydrolysis) is 1. The Labute approximate surface area is 226 Å². The van der Waals surface area contributed by atoms with E-state index in [-0.39, 0.29) is 17.4 Å². The Hall–Kier alpha value is -4.74. The lowest BCUT2D eigenvalue weighted by atomic mass is 10.1. The van der Waals surface area contributed by atoms with Crippen LogP contribution in [-0.4, -0.2) is 30.0 Å². The van der Waals surface area contributed by atoms with E-state index in [1.54, 1.807) is 79.1 Å². The Balaban J connectivity index is 0.000000320. The van der Waals surface area contributed by atoms with Gasteiger partial charge >= 0.3 is 6.09 Å². The van der Waals surface area contributed by atoms with E-state index >= 15 is 0 Å². The van der Waals surface area contributed by atoms with Gasteiger partial charge < -0.3 is 21.1 Å². The van der Waals surface area contributed by atoms with Crippen LogP contribution in [-0.2, 0) is 28.0 Å². The van der Waals surface area contributed by atoms with Crippen molar-refractivity contribution in [3.05, 3.63) is 120 Å². The second-order valence-electron chi connectivity index (χ2n) is 8.32. The number of benzene rings is 3. The van der Waals surface area contributed by atoms with Gasteiger partial charge in [-0.05, 0) is 55.0 Å². The normalized spacial score (nSPS) is 10.5. The first-order chi connectivity index (χ1) is 18.6. The van der Waals surface area contributed by atoms with Gasteiger partial charge in [0, 0.05) is 30.1 Å². The number of hydrogen-bond acceptors (Lipinski definition) is 7. The second-order valence-corrected chi connectivity index (χ2v) is 9.74. The maximum atomic E-state index is 12.3. The number of aryl methyl sites for hydroxylation is 1. The molecule has 1 aromatic heterocycles. The van der Waals surface area contributed by atoms with Crippen molar-refractivity contribution in [3.8, 4) is 0 Å². The van der Waals surface area contributed by atoms with Crippen LogP contribution < -0.4 is 16.4 Å². The number of nitrogens with zero attached hydrogens (tertiary/aromatic N) is 1. The smallest absolute Gasteiger partial charge is 0.407 e. The summed E-state index contributed by atoms with van der Waals surface area (Å²) in [5.41, 5.74) is 10.00. The molecule has 0 unspecified atom stereocenters. The number of nitrogens with one attached hydrogen (secondary N) is 2. The fourth-order valence-corrected chi connectivity index (χ4v) is 3.63. The SMILES string of the molecule is Cc1ccc(S(=O)(=O)O)cc1.Nc1ccccc1NC(=O)c1ccc(CNC(=O)OCc2cccnc2)cc1. The average Bonchev–Trinajstić information content (AvgIpc) is 2.93. The zero-order valence-corrected chi connectivity index (χ0v) is 21.9. The first kappa shape index (κ1) is 28.8. The summed E-state index contributed by atoms with van der Waals surface area (Å²) in [7, 11) is -4.02. The van der Waals surface area contributed by atoms with E-state index in [1.807, 2.05) is 13.0 Å². The fraction of sp³-hybridized carbons (Fsp3) is 0.107. The summed E-state index contributed by atoms with van der Waals surface area (Å²) in [4.78, 5) is 28.0. The summed E-state index contributed by atoms with van der Waals surface area (Å²) in [6.45, 7) is 2.29. The van der Waals surface area contributed by atoms with Gasteiger partial charge in [-0.25, -0.2) is 4.79 Å². The Morgan fingerprint density at radius 2 is 1.62 bits per heavy atom. The Kier molecular flexibility index (Phi) is 10.1. The monoisotopic (exact) mass is 548 g/mol. The van der Waals surface area contributed by atoms with E-state index in [2.05, 4.69) is 15.6 Å². The lowest BCUT2D eigenvalue weighted by molar-refractivity contribution is 0.102. The predicted molar refractivity (Wildman–Crippen MR) is 148 cm³/mol. The number of ether oxygens (including phenoxy) is 1. The van der Waals surface area contributed by atoms with Crippen molar-refractivity contribution in [1.82, 2.24) is 10.3 Å². The minimum absolute atomic E-state index is 0.0666. The molecule has 2 amide bonds. The zero-order chi connectivity index (χ0) is 28.3. The zero-order valence-electron chi connectivity index (χ0n) is 21.1. The molecule has 4 rings (SSSR count). The van der Waals surface area contributed by atoms with E-state index in [0.717, 1.165) is 16.7 Å². The number of aromatic nitrogens is 1. The van der Waals surface area contributed by atoms with E-state index < -0.39 is 16.2 Å². The van der Waals surface area contributed by atoms with Gasteiger partial charge in [0.25, 0.3) is 16.0 Å². The van der Waals surface area contributed by atoms with Gasteiger partial charge in [0.05, 0.1) is 16.3 Å². The van der Waals surface area contributed by atoms with Crippen LogP contribution in [0.4, 0.5) is 16.2 Å². The number of nitrogen functional groups attached to an aromatic ring is 1. The summed E-state index contributed by atoms with van der Waals surface area (Å²) in [6.07, 6.45) is 2.77. The van der Waals surface area contributed by atoms with Crippen LogP contribution in [0.25, 0.3) is 0 Å². The lowest BCUT2D eigenvalue weighted by Gasteiger charge is -2.09. The Morgan fingerprint density at radius 1 is 0.923 bits per heavy atom. The van der Waals surface area contributed by atoms with E-state index in [9.17, 15) is 18.0 Å². The molecule has 0 spiro atoms. The van der Waals surface area contributed by atoms with Gasteiger partial charge in [0.1, 0.15) is 6.61 Å². The van der Waals surface area contributed by atoms with Crippen LogP contribution in [0.5, 0.6) is 0 Å². The highest BCUT2D eigenvalue weighted by Gasteiger charge is 2.09. The molecule has 0 bridgehead atoms. The molecule has 4 aromatic rings. The number of para-hydroxylation sites is 2. The first-order valence-electron chi connectivity index (χ1n) is 11.7. The fourth-order valence-electron chi connectivity index (χ4n) is 3.15. The number of carbonyl (C=O) groups is 2. The summed E-state index contributed by atoms with van der Waals surface area (Å²) < 4.78 is 34.7. The minimum atomic E-state index is -4.02. The molecule has 5 N–H and O–H groups in total. The number of anilines is 2. The van der Waals surface area contributed by atoms with Crippen LogP contribution in [0.2, 0.25) is 0 Å². The molecular formula is C28H28N4O6S. The van der Waals surface area contributed by atoms with Crippen molar-refractivity contribution >= 4 is 33.5 Å². The van der Waals surface area contributed by atoms with E-state index in [1.165, 1.54) is 12.1 Å². The van der Waals surface area contributed by atoms with Crippen molar-refractivity contribution in [2.24, 2.45) is 0 Å². The summed E-state index contributed by atoms with van der Waals surface area (Å²) in [5.74, 6) is -0.256. The molecule has 0 saturated heterocycles. The number of rotatable bonds is 7. The van der Waals surface area contributed by atoms with Gasteiger partial charge in [-0.3, -0.25) is 14.3 Å². The van der Waals surface area contributed by atoms with Crippen molar-refractivity contribution in [3.63, 3.8) is 0 Å². The van der Waals surface area contributed by atoms with Crippen molar-refractivity contribution in [2.45, 2.75) is 25.0 Å². The number of amides is 2. The minimum Gasteiger partial charge on any atom is -0.445 e. The maximum Gasteiger partial charge on any atom is 0.407 e. The van der Waals surface area contributed by atoms with Gasteiger partial charge in [-0.2, -0.15) is 8.42 Å². The molecule has 0 fully saturated rings. The average molecular weight is 549 g/mol. The highest BCUT2D eigenvalue weighted by molar-refractivity contribution is 7.85. The van der Waals surface area contributed by atoms with Crippen LogP contribution in [0.3, 0.4) is 0 Å². The highest BCUT2D eigenvalue weighted by Crippen LogP contribution is 2.18. The van der Waals surface area contributed by atoms with Crippen molar-refractivity contribution < 1.29 is 27.3 Å². The largest absolute Gasteiger partial charge is 0.445 e. The van der Waals surface area contributed by atoms with Crippen LogP contribution in [0, 0.1) is 6.92 Å². The van der Waals surface area contributed by atoms with E-state index in [0.29, 0.717) is 23.5 Å². The maximum absolute atomic E-state index is 12.3. The van der Waals surface area contributed by atoms with Crippen LogP contribution >= 0.6 is 0 Å². The molecule has 39 heavy (non-hydrogen) atoms. The summed E-state index contributed by atoms with van der Waals surface area (Å²) >= 11 is 0. The molecule has 1 heterocycles. The molecule has 3 aromatic carbocycles. The van der Waals surface area contributed by atoms with E-state index in [4.69, 9.17) is 15.0 Å². The molecule has 0 saturated carbocycles. The number of pyridine rings is 1. The standard InChI is InChI=1S/C21H20N4O3.C7H8O3S/c22-18-5-1-2-6-19(18)25-20(26)17-9-7-15(8-10-17)13-24-21(27)28-14-16-4-3-11-23-12-16;1-6-2-4-7(5-3-6)11(8,9)10/h1-12H,13-14,22H2,(H,24,27)(H,25,26);2-5H,1H3,(H,8,9,10). The summed E-state index contributed by atoms with van der Waals surface area (Å²) in [5, 5.41) is 5.44. The lowest BCUT2D eigenvalue weighted by Crippen LogP contribution is -2.23. The molecule has 0 aliphatic rings. The van der Waals surface area contributed by atoms with Gasteiger partial charge in [-0.15, -0.1) is 0 Å². The predicted octanol–water partition coefficient (Wildman–Crippen LogP) is 4.58. The third-order valence-corrected chi connectivity index (χ3v) is 6.14. The third kappa shape index (κ3) is 9.58.